The molecule has 4 nitrogen and oxygen atoms in total. The Kier molecular flexibility index (Phi) is 11.2. The maximum absolute atomic E-state index is 13.6. The number of nitrogens with one attached hydrogen (secondary N) is 1. The Morgan fingerprint density at radius 1 is 0.944 bits per heavy atom. The van der Waals surface area contributed by atoms with Crippen molar-refractivity contribution in [1.29, 1.82) is 0 Å². The van der Waals surface area contributed by atoms with Gasteiger partial charge in [0, 0.05) is 34.8 Å². The fraction of sp³-hybridized carbons (Fsp3) is 0.310. The third-order valence-corrected chi connectivity index (χ3v) is 7.52. The Labute approximate surface area is 228 Å². The van der Waals surface area contributed by atoms with Crippen molar-refractivity contribution < 1.29 is 9.59 Å². The van der Waals surface area contributed by atoms with Crippen LogP contribution in [0, 0.1) is 0 Å². The number of halogens is 2. The fourth-order valence-electron chi connectivity index (χ4n) is 3.75. The molecule has 0 saturated carbocycles. The van der Waals surface area contributed by atoms with E-state index in [9.17, 15) is 9.59 Å². The summed E-state index contributed by atoms with van der Waals surface area (Å²) in [6.45, 7) is 4.36. The van der Waals surface area contributed by atoms with Crippen molar-refractivity contribution >= 4 is 46.8 Å². The molecule has 7 heteroatoms. The van der Waals surface area contributed by atoms with Crippen LogP contribution in [0.25, 0.3) is 0 Å². The van der Waals surface area contributed by atoms with E-state index in [1.54, 1.807) is 17.0 Å². The maximum atomic E-state index is 13.6. The molecule has 0 aliphatic rings. The number of carbonyl (C=O) groups excluding carboxylic acids is 2. The molecule has 0 radical (unpaired) electrons. The van der Waals surface area contributed by atoms with Crippen molar-refractivity contribution in [2.45, 2.75) is 51.1 Å². The molecule has 3 rings (SSSR count). The van der Waals surface area contributed by atoms with Crippen LogP contribution in [-0.2, 0) is 28.3 Å². The van der Waals surface area contributed by atoms with Crippen molar-refractivity contribution in [2.75, 3.05) is 5.75 Å². The molecule has 190 valence electrons. The van der Waals surface area contributed by atoms with Gasteiger partial charge in [-0.3, -0.25) is 9.59 Å². The number of benzene rings is 3. The molecule has 0 aliphatic heterocycles. The lowest BCUT2D eigenvalue weighted by atomic mass is 10.0. The summed E-state index contributed by atoms with van der Waals surface area (Å²) in [5.41, 5.74) is 2.91. The summed E-state index contributed by atoms with van der Waals surface area (Å²) in [6.07, 6.45) is 1.25. The Balaban J connectivity index is 1.83. The van der Waals surface area contributed by atoms with Crippen LogP contribution >= 0.6 is 35.0 Å². The SMILES string of the molecule is CCC(C)NC(=O)C(Cc1ccccc1)N(Cc1ccccc1)C(=O)CSCc1ccc(Cl)cc1Cl. The topological polar surface area (TPSA) is 49.4 Å². The van der Waals surface area contributed by atoms with Crippen LogP contribution in [-0.4, -0.2) is 34.6 Å². The van der Waals surface area contributed by atoms with Crippen molar-refractivity contribution in [1.82, 2.24) is 10.2 Å². The maximum Gasteiger partial charge on any atom is 0.243 e. The van der Waals surface area contributed by atoms with Crippen LogP contribution < -0.4 is 5.32 Å². The number of carbonyl (C=O) groups is 2. The second-order valence-electron chi connectivity index (χ2n) is 8.76. The average Bonchev–Trinajstić information content (AvgIpc) is 2.88. The molecule has 0 aromatic heterocycles. The van der Waals surface area contributed by atoms with Gasteiger partial charge >= 0.3 is 0 Å². The van der Waals surface area contributed by atoms with Gasteiger partial charge in [0.15, 0.2) is 0 Å². The van der Waals surface area contributed by atoms with Crippen molar-refractivity contribution in [3.63, 3.8) is 0 Å². The smallest absolute Gasteiger partial charge is 0.243 e. The molecule has 1 N–H and O–H groups in total. The van der Waals surface area contributed by atoms with E-state index in [0.29, 0.717) is 28.8 Å². The van der Waals surface area contributed by atoms with Crippen LogP contribution in [0.3, 0.4) is 0 Å². The highest BCUT2D eigenvalue weighted by Crippen LogP contribution is 2.25. The number of amides is 2. The summed E-state index contributed by atoms with van der Waals surface area (Å²) in [6, 6.07) is 24.4. The molecule has 0 bridgehead atoms. The number of nitrogens with zero attached hydrogens (tertiary/aromatic N) is 1. The number of rotatable bonds is 12. The Hall–Kier alpha value is -2.47. The Bertz CT molecular complexity index is 1130. The van der Waals surface area contributed by atoms with Crippen LogP contribution in [0.4, 0.5) is 0 Å². The first-order valence-electron chi connectivity index (χ1n) is 12.1. The molecule has 2 unspecified atom stereocenters. The summed E-state index contributed by atoms with van der Waals surface area (Å²) in [4.78, 5) is 28.8. The van der Waals surface area contributed by atoms with Crippen LogP contribution in [0.2, 0.25) is 10.0 Å². The molecule has 2 atom stereocenters. The minimum absolute atomic E-state index is 0.0193. The lowest BCUT2D eigenvalue weighted by molar-refractivity contribution is -0.139. The minimum Gasteiger partial charge on any atom is -0.352 e. The summed E-state index contributed by atoms with van der Waals surface area (Å²) >= 11 is 13.8. The predicted octanol–water partition coefficient (Wildman–Crippen LogP) is 6.78. The van der Waals surface area contributed by atoms with E-state index >= 15 is 0 Å². The first-order valence-corrected chi connectivity index (χ1v) is 14.0. The van der Waals surface area contributed by atoms with Crippen LogP contribution in [0.1, 0.15) is 37.0 Å². The molecule has 2 amide bonds. The third-order valence-electron chi connectivity index (χ3n) is 5.97. The Morgan fingerprint density at radius 2 is 1.58 bits per heavy atom. The van der Waals surface area contributed by atoms with Gasteiger partial charge in [-0.25, -0.2) is 0 Å². The van der Waals surface area contributed by atoms with E-state index in [-0.39, 0.29) is 23.6 Å². The fourth-order valence-corrected chi connectivity index (χ4v) is 5.21. The quantitative estimate of drug-likeness (QED) is 0.274. The lowest BCUT2D eigenvalue weighted by Gasteiger charge is -2.32. The van der Waals surface area contributed by atoms with Gasteiger partial charge in [0.1, 0.15) is 6.04 Å². The standard InChI is InChI=1S/C29H32Cl2N2O2S/c1-3-21(2)32-29(35)27(16-22-10-6-4-7-11-22)33(18-23-12-8-5-9-13-23)28(34)20-36-19-24-14-15-25(30)17-26(24)31/h4-15,17,21,27H,3,16,18-20H2,1-2H3,(H,32,35). The van der Waals surface area contributed by atoms with Gasteiger partial charge in [0.2, 0.25) is 11.8 Å². The van der Waals surface area contributed by atoms with Crippen LogP contribution in [0.5, 0.6) is 0 Å². The van der Waals surface area contributed by atoms with Gasteiger partial charge in [-0.2, -0.15) is 0 Å². The first-order chi connectivity index (χ1) is 17.4. The van der Waals surface area contributed by atoms with Crippen molar-refractivity contribution in [2.24, 2.45) is 0 Å². The van der Waals surface area contributed by atoms with E-state index in [1.807, 2.05) is 80.6 Å². The molecule has 0 aliphatic carbocycles. The molecule has 0 heterocycles. The molecule has 0 saturated heterocycles. The average molecular weight is 544 g/mol. The first kappa shape index (κ1) is 28.1. The van der Waals surface area contributed by atoms with Gasteiger partial charge in [0.25, 0.3) is 0 Å². The van der Waals surface area contributed by atoms with Gasteiger partial charge in [-0.05, 0) is 42.2 Å². The lowest BCUT2D eigenvalue weighted by Crippen LogP contribution is -2.52. The zero-order chi connectivity index (χ0) is 25.9. The molecule has 3 aromatic rings. The monoisotopic (exact) mass is 542 g/mol. The molecular formula is C29H32Cl2N2O2S. The van der Waals surface area contributed by atoms with E-state index < -0.39 is 6.04 Å². The zero-order valence-electron chi connectivity index (χ0n) is 20.6. The predicted molar refractivity (Wildman–Crippen MR) is 151 cm³/mol. The number of thioether (sulfide) groups is 1. The third kappa shape index (κ3) is 8.58. The second-order valence-corrected chi connectivity index (χ2v) is 10.6. The van der Waals surface area contributed by atoms with Crippen molar-refractivity contribution in [3.8, 4) is 0 Å². The summed E-state index contributed by atoms with van der Waals surface area (Å²) in [5.74, 6) is 0.578. The van der Waals surface area contributed by atoms with Gasteiger partial charge in [0.05, 0.1) is 5.75 Å². The molecular weight excluding hydrogens is 511 g/mol. The second kappa shape index (κ2) is 14.3. The summed E-state index contributed by atoms with van der Waals surface area (Å²) in [5, 5.41) is 4.26. The van der Waals surface area contributed by atoms with Gasteiger partial charge in [-0.15, -0.1) is 11.8 Å². The number of hydrogen-bond donors (Lipinski definition) is 1. The summed E-state index contributed by atoms with van der Waals surface area (Å²) in [7, 11) is 0. The highest BCUT2D eigenvalue weighted by molar-refractivity contribution is 7.99. The van der Waals surface area contributed by atoms with E-state index in [4.69, 9.17) is 23.2 Å². The highest BCUT2D eigenvalue weighted by Gasteiger charge is 2.30. The van der Waals surface area contributed by atoms with Gasteiger partial charge < -0.3 is 10.2 Å². The largest absolute Gasteiger partial charge is 0.352 e. The van der Waals surface area contributed by atoms with Crippen LogP contribution in [0.15, 0.2) is 78.9 Å². The normalized spacial score (nSPS) is 12.6. The van der Waals surface area contributed by atoms with E-state index in [2.05, 4.69) is 5.32 Å². The number of hydrogen-bond acceptors (Lipinski definition) is 3. The highest BCUT2D eigenvalue weighted by atomic mass is 35.5. The Morgan fingerprint density at radius 3 is 2.19 bits per heavy atom. The molecule has 0 spiro atoms. The van der Waals surface area contributed by atoms with E-state index in [0.717, 1.165) is 23.1 Å². The minimum atomic E-state index is -0.631. The molecule has 0 fully saturated rings. The van der Waals surface area contributed by atoms with Crippen molar-refractivity contribution in [3.05, 3.63) is 106 Å². The summed E-state index contributed by atoms with van der Waals surface area (Å²) < 4.78 is 0. The van der Waals surface area contributed by atoms with E-state index in [1.165, 1.54) is 11.8 Å². The molecule has 36 heavy (non-hydrogen) atoms. The zero-order valence-corrected chi connectivity index (χ0v) is 23.0. The molecule has 3 aromatic carbocycles. The van der Waals surface area contributed by atoms with Gasteiger partial charge in [-0.1, -0.05) is 96.9 Å².